The van der Waals surface area contributed by atoms with E-state index in [1.165, 1.54) is 11.8 Å². The van der Waals surface area contributed by atoms with Gasteiger partial charge in [0.15, 0.2) is 0 Å². The van der Waals surface area contributed by atoms with E-state index in [9.17, 15) is 0 Å². The lowest BCUT2D eigenvalue weighted by atomic mass is 10.0. The minimum Gasteiger partial charge on any atom is -0.370 e. The van der Waals surface area contributed by atoms with Crippen LogP contribution in [0.5, 0.6) is 0 Å². The zero-order valence-electron chi connectivity index (χ0n) is 15.4. The van der Waals surface area contributed by atoms with Gasteiger partial charge in [0.1, 0.15) is 9.76 Å². The van der Waals surface area contributed by atoms with Gasteiger partial charge in [0.2, 0.25) is 0 Å². The molecule has 1 aromatic rings. The molecule has 142 valence electrons. The summed E-state index contributed by atoms with van der Waals surface area (Å²) >= 11 is 7.04. The SMILES string of the molecule is CCN(CC)C(=S)S[C@@H]1C[C@@H](N=[N+]=[N-])[C@@H](OCc2ccccc2)[C@H](C)O1. The average Bonchev–Trinajstić information content (AvgIpc) is 2.63. The molecule has 2 rings (SSSR count). The molecular formula is C18H26N4O2S2. The van der Waals surface area contributed by atoms with Crippen LogP contribution in [0.4, 0.5) is 0 Å². The normalized spacial score (nSPS) is 25.3. The van der Waals surface area contributed by atoms with Crippen molar-refractivity contribution in [1.29, 1.82) is 0 Å². The molecule has 1 aliphatic heterocycles. The Balaban J connectivity index is 1.99. The van der Waals surface area contributed by atoms with Gasteiger partial charge in [-0.05, 0) is 38.3 Å². The Bertz CT molecular complexity index is 621. The summed E-state index contributed by atoms with van der Waals surface area (Å²) in [6.07, 6.45) is 0.130. The highest BCUT2D eigenvalue weighted by atomic mass is 32.2. The van der Waals surface area contributed by atoms with Gasteiger partial charge < -0.3 is 14.4 Å². The largest absolute Gasteiger partial charge is 0.370 e. The first kappa shape index (κ1) is 21.0. The van der Waals surface area contributed by atoms with Crippen molar-refractivity contribution in [2.45, 2.75) is 57.5 Å². The van der Waals surface area contributed by atoms with Crippen LogP contribution in [0.3, 0.4) is 0 Å². The minimum absolute atomic E-state index is 0.134. The molecule has 0 aromatic heterocycles. The second-order valence-corrected chi connectivity index (χ2v) is 7.89. The van der Waals surface area contributed by atoms with E-state index < -0.39 is 0 Å². The molecular weight excluding hydrogens is 368 g/mol. The highest BCUT2D eigenvalue weighted by Gasteiger charge is 2.37. The predicted octanol–water partition coefficient (Wildman–Crippen LogP) is 4.75. The lowest BCUT2D eigenvalue weighted by molar-refractivity contribution is -0.121. The molecule has 4 atom stereocenters. The molecule has 0 amide bonds. The Morgan fingerprint density at radius 3 is 2.69 bits per heavy atom. The molecule has 0 aliphatic carbocycles. The molecule has 0 unspecified atom stereocenters. The van der Waals surface area contributed by atoms with Crippen molar-refractivity contribution < 1.29 is 9.47 Å². The molecule has 0 spiro atoms. The molecule has 0 bridgehead atoms. The van der Waals surface area contributed by atoms with E-state index in [4.69, 9.17) is 27.2 Å². The zero-order valence-corrected chi connectivity index (χ0v) is 17.1. The molecule has 0 radical (unpaired) electrons. The van der Waals surface area contributed by atoms with Crippen molar-refractivity contribution in [3.63, 3.8) is 0 Å². The summed E-state index contributed by atoms with van der Waals surface area (Å²) in [4.78, 5) is 5.14. The van der Waals surface area contributed by atoms with Gasteiger partial charge in [0.25, 0.3) is 0 Å². The number of nitrogens with zero attached hydrogens (tertiary/aromatic N) is 4. The van der Waals surface area contributed by atoms with Crippen molar-refractivity contribution >= 4 is 28.3 Å². The van der Waals surface area contributed by atoms with Crippen molar-refractivity contribution in [2.75, 3.05) is 13.1 Å². The number of ether oxygens (including phenoxy) is 2. The number of azide groups is 1. The maximum atomic E-state index is 8.96. The molecule has 1 saturated heterocycles. The van der Waals surface area contributed by atoms with Crippen LogP contribution < -0.4 is 0 Å². The second kappa shape index (κ2) is 10.7. The minimum atomic E-state index is -0.274. The monoisotopic (exact) mass is 394 g/mol. The fourth-order valence-corrected chi connectivity index (χ4v) is 4.69. The smallest absolute Gasteiger partial charge is 0.138 e. The summed E-state index contributed by atoms with van der Waals surface area (Å²) in [5, 5.41) is 3.98. The molecule has 6 nitrogen and oxygen atoms in total. The Labute approximate surface area is 164 Å². The highest BCUT2D eigenvalue weighted by molar-refractivity contribution is 8.23. The molecule has 1 heterocycles. The van der Waals surface area contributed by atoms with E-state index in [0.29, 0.717) is 13.0 Å². The molecule has 8 heteroatoms. The molecule has 0 saturated carbocycles. The second-order valence-electron chi connectivity index (χ2n) is 6.10. The Morgan fingerprint density at radius 2 is 2.08 bits per heavy atom. The summed E-state index contributed by atoms with van der Waals surface area (Å²) in [6.45, 7) is 8.32. The maximum absolute atomic E-state index is 8.96. The van der Waals surface area contributed by atoms with Gasteiger partial charge in [0.05, 0.1) is 24.9 Å². The lowest BCUT2D eigenvalue weighted by Gasteiger charge is -2.39. The van der Waals surface area contributed by atoms with Gasteiger partial charge >= 0.3 is 0 Å². The predicted molar refractivity (Wildman–Crippen MR) is 110 cm³/mol. The van der Waals surface area contributed by atoms with Crippen LogP contribution >= 0.6 is 24.0 Å². The van der Waals surface area contributed by atoms with Crippen LogP contribution in [-0.2, 0) is 16.1 Å². The van der Waals surface area contributed by atoms with E-state index in [1.807, 2.05) is 37.3 Å². The Morgan fingerprint density at radius 1 is 1.38 bits per heavy atom. The van der Waals surface area contributed by atoms with Gasteiger partial charge in [-0.1, -0.05) is 59.4 Å². The summed E-state index contributed by atoms with van der Waals surface area (Å²) in [7, 11) is 0. The number of thioether (sulfide) groups is 1. The van der Waals surface area contributed by atoms with Crippen LogP contribution in [0.15, 0.2) is 35.4 Å². The molecule has 1 fully saturated rings. The number of thiocarbonyl (C=S) groups is 1. The van der Waals surface area contributed by atoms with E-state index in [1.54, 1.807) is 0 Å². The van der Waals surface area contributed by atoms with E-state index in [-0.39, 0.29) is 23.7 Å². The van der Waals surface area contributed by atoms with Crippen LogP contribution in [0.2, 0.25) is 0 Å². The Kier molecular flexibility index (Phi) is 8.68. The number of hydrogen-bond donors (Lipinski definition) is 0. The standard InChI is InChI=1S/C18H26N4O2S2/c1-4-22(5-2)18(25)26-16-11-15(20-21-19)17(13(3)24-16)23-12-14-9-7-6-8-10-14/h6-10,13,15-17H,4-5,11-12H2,1-3H3/t13-,15+,16+,17-/m0/s1. The van der Waals surface area contributed by atoms with Gasteiger partial charge in [0, 0.05) is 18.0 Å². The van der Waals surface area contributed by atoms with Crippen molar-refractivity contribution in [3.8, 4) is 0 Å². The number of rotatable bonds is 7. The van der Waals surface area contributed by atoms with E-state index >= 15 is 0 Å². The van der Waals surface area contributed by atoms with Gasteiger partial charge in [-0.15, -0.1) is 0 Å². The summed E-state index contributed by atoms with van der Waals surface area (Å²) in [6, 6.07) is 9.68. The average molecular weight is 395 g/mol. The summed E-state index contributed by atoms with van der Waals surface area (Å²) in [5.74, 6) is 0. The van der Waals surface area contributed by atoms with Crippen LogP contribution in [0.25, 0.3) is 10.4 Å². The Hall–Kier alpha value is -1.31. The highest BCUT2D eigenvalue weighted by Crippen LogP contribution is 2.33. The van der Waals surface area contributed by atoms with Gasteiger partial charge in [-0.2, -0.15) is 0 Å². The molecule has 1 aromatic carbocycles. The third-order valence-electron chi connectivity index (χ3n) is 4.38. The van der Waals surface area contributed by atoms with Crippen molar-refractivity contribution in [1.82, 2.24) is 4.90 Å². The first-order chi connectivity index (χ1) is 12.6. The number of hydrogen-bond acceptors (Lipinski definition) is 5. The van der Waals surface area contributed by atoms with Crippen LogP contribution in [-0.4, -0.2) is 46.0 Å². The fraction of sp³-hybridized carbons (Fsp3) is 0.611. The zero-order chi connectivity index (χ0) is 18.9. The number of benzene rings is 1. The van der Waals surface area contributed by atoms with Crippen LogP contribution in [0, 0.1) is 0 Å². The molecule has 26 heavy (non-hydrogen) atoms. The topological polar surface area (TPSA) is 70.5 Å². The fourth-order valence-electron chi connectivity index (χ4n) is 2.95. The van der Waals surface area contributed by atoms with Crippen molar-refractivity contribution in [3.05, 3.63) is 46.3 Å². The van der Waals surface area contributed by atoms with Crippen molar-refractivity contribution in [2.24, 2.45) is 5.11 Å². The molecule has 1 aliphatic rings. The third kappa shape index (κ3) is 5.86. The quantitative estimate of drug-likeness (QED) is 0.289. The third-order valence-corrected chi connectivity index (χ3v) is 5.95. The molecule has 0 N–H and O–H groups in total. The van der Waals surface area contributed by atoms with E-state index in [2.05, 4.69) is 28.8 Å². The summed E-state index contributed by atoms with van der Waals surface area (Å²) in [5.41, 5.74) is 9.91. The maximum Gasteiger partial charge on any atom is 0.138 e. The summed E-state index contributed by atoms with van der Waals surface area (Å²) < 4.78 is 13.0. The van der Waals surface area contributed by atoms with Gasteiger partial charge in [-0.3, -0.25) is 0 Å². The lowest BCUT2D eigenvalue weighted by Crippen LogP contribution is -2.47. The van der Waals surface area contributed by atoms with E-state index in [0.717, 1.165) is 23.0 Å². The first-order valence-corrected chi connectivity index (χ1v) is 10.2. The van der Waals surface area contributed by atoms with Gasteiger partial charge in [-0.25, -0.2) is 0 Å². The van der Waals surface area contributed by atoms with Crippen LogP contribution in [0.1, 0.15) is 32.8 Å². The first-order valence-electron chi connectivity index (χ1n) is 8.89.